The number of hydrogen-bond donors (Lipinski definition) is 1. The van der Waals surface area contributed by atoms with Crippen molar-refractivity contribution in [1.82, 2.24) is 4.90 Å². The van der Waals surface area contributed by atoms with E-state index in [0.717, 1.165) is 25.2 Å². The molecule has 1 heterocycles. The zero-order chi connectivity index (χ0) is 17.8. The minimum atomic E-state index is 0.141. The SMILES string of the molecule is CCOc1cc(CN2C[C@@H](N)[C@H](c3ccccc3)C2)cc(Cl)c1OC. The van der Waals surface area contributed by atoms with Crippen molar-refractivity contribution in [2.45, 2.75) is 25.4 Å². The lowest BCUT2D eigenvalue weighted by atomic mass is 9.95. The fraction of sp³-hybridized carbons (Fsp3) is 0.400. The van der Waals surface area contributed by atoms with Crippen LogP contribution >= 0.6 is 11.6 Å². The first-order valence-corrected chi connectivity index (χ1v) is 9.02. The third-order valence-electron chi connectivity index (χ3n) is 4.65. The van der Waals surface area contributed by atoms with E-state index in [1.54, 1.807) is 7.11 Å². The van der Waals surface area contributed by atoms with Gasteiger partial charge in [0.15, 0.2) is 11.5 Å². The van der Waals surface area contributed by atoms with Crippen molar-refractivity contribution < 1.29 is 9.47 Å². The lowest BCUT2D eigenvalue weighted by Crippen LogP contribution is -2.28. The molecular formula is C20H25ClN2O2. The molecule has 1 aliphatic heterocycles. The smallest absolute Gasteiger partial charge is 0.179 e. The molecule has 0 saturated carbocycles. The Morgan fingerprint density at radius 1 is 1.20 bits per heavy atom. The topological polar surface area (TPSA) is 47.7 Å². The van der Waals surface area contributed by atoms with Crippen LogP contribution in [0.4, 0.5) is 0 Å². The summed E-state index contributed by atoms with van der Waals surface area (Å²) in [5, 5.41) is 0.576. The highest BCUT2D eigenvalue weighted by atomic mass is 35.5. The maximum atomic E-state index is 6.40. The zero-order valence-corrected chi connectivity index (χ0v) is 15.5. The van der Waals surface area contributed by atoms with Crippen LogP contribution < -0.4 is 15.2 Å². The minimum Gasteiger partial charge on any atom is -0.491 e. The van der Waals surface area contributed by atoms with Crippen molar-refractivity contribution in [3.8, 4) is 11.5 Å². The molecule has 2 atom stereocenters. The molecule has 0 bridgehead atoms. The first-order valence-electron chi connectivity index (χ1n) is 8.64. The normalized spacial score (nSPS) is 20.6. The van der Waals surface area contributed by atoms with E-state index in [4.69, 9.17) is 26.8 Å². The van der Waals surface area contributed by atoms with Crippen LogP contribution in [0.25, 0.3) is 0 Å². The molecule has 0 spiro atoms. The predicted octanol–water partition coefficient (Wildman–Crippen LogP) is 3.67. The summed E-state index contributed by atoms with van der Waals surface area (Å²) in [7, 11) is 1.60. The second-order valence-corrected chi connectivity index (χ2v) is 6.82. The lowest BCUT2D eigenvalue weighted by molar-refractivity contribution is 0.305. The Kier molecular flexibility index (Phi) is 5.84. The summed E-state index contributed by atoms with van der Waals surface area (Å²) in [4.78, 5) is 2.37. The summed E-state index contributed by atoms with van der Waals surface area (Å²) in [5.74, 6) is 1.64. The van der Waals surface area contributed by atoms with Gasteiger partial charge in [-0.2, -0.15) is 0 Å². The quantitative estimate of drug-likeness (QED) is 0.853. The Labute approximate surface area is 154 Å². The van der Waals surface area contributed by atoms with E-state index in [0.29, 0.717) is 29.0 Å². The monoisotopic (exact) mass is 360 g/mol. The van der Waals surface area contributed by atoms with E-state index in [-0.39, 0.29) is 6.04 Å². The van der Waals surface area contributed by atoms with E-state index in [9.17, 15) is 0 Å². The van der Waals surface area contributed by atoms with Crippen LogP contribution in [-0.2, 0) is 6.54 Å². The first-order chi connectivity index (χ1) is 12.1. The van der Waals surface area contributed by atoms with Gasteiger partial charge in [0.05, 0.1) is 18.7 Å². The lowest BCUT2D eigenvalue weighted by Gasteiger charge is -2.18. The van der Waals surface area contributed by atoms with Gasteiger partial charge in [-0.1, -0.05) is 41.9 Å². The van der Waals surface area contributed by atoms with Crippen molar-refractivity contribution in [3.63, 3.8) is 0 Å². The van der Waals surface area contributed by atoms with Gasteiger partial charge in [-0.25, -0.2) is 0 Å². The van der Waals surface area contributed by atoms with Crippen molar-refractivity contribution in [2.24, 2.45) is 5.73 Å². The highest BCUT2D eigenvalue weighted by molar-refractivity contribution is 6.32. The summed E-state index contributed by atoms with van der Waals surface area (Å²) < 4.78 is 11.0. The number of rotatable bonds is 6. The molecule has 0 aromatic heterocycles. The molecular weight excluding hydrogens is 336 g/mol. The first kappa shape index (κ1) is 18.1. The molecule has 25 heavy (non-hydrogen) atoms. The summed E-state index contributed by atoms with van der Waals surface area (Å²) in [5.41, 5.74) is 8.81. The summed E-state index contributed by atoms with van der Waals surface area (Å²) in [6.07, 6.45) is 0. The molecule has 1 fully saturated rings. The Hall–Kier alpha value is -1.75. The average Bonchev–Trinajstić information content (AvgIpc) is 2.96. The van der Waals surface area contributed by atoms with E-state index in [2.05, 4.69) is 29.2 Å². The summed E-state index contributed by atoms with van der Waals surface area (Å²) in [6, 6.07) is 14.6. The van der Waals surface area contributed by atoms with Gasteiger partial charge in [-0.3, -0.25) is 4.90 Å². The fourth-order valence-electron chi connectivity index (χ4n) is 3.53. The van der Waals surface area contributed by atoms with E-state index in [1.165, 1.54) is 5.56 Å². The van der Waals surface area contributed by atoms with Crippen LogP contribution in [0.15, 0.2) is 42.5 Å². The van der Waals surface area contributed by atoms with Crippen LogP contribution in [0, 0.1) is 0 Å². The van der Waals surface area contributed by atoms with Gasteiger partial charge < -0.3 is 15.2 Å². The molecule has 5 heteroatoms. The van der Waals surface area contributed by atoms with Gasteiger partial charge >= 0.3 is 0 Å². The van der Waals surface area contributed by atoms with Gasteiger partial charge in [0.2, 0.25) is 0 Å². The predicted molar refractivity (Wildman–Crippen MR) is 102 cm³/mol. The minimum absolute atomic E-state index is 0.141. The molecule has 2 aromatic carbocycles. The molecule has 2 aromatic rings. The summed E-state index contributed by atoms with van der Waals surface area (Å²) in [6.45, 7) is 5.12. The highest BCUT2D eigenvalue weighted by Gasteiger charge is 2.31. The number of nitrogens with zero attached hydrogens (tertiary/aromatic N) is 1. The van der Waals surface area contributed by atoms with Crippen molar-refractivity contribution >= 4 is 11.6 Å². The number of benzene rings is 2. The number of likely N-dealkylation sites (tertiary alicyclic amines) is 1. The van der Waals surface area contributed by atoms with Crippen molar-refractivity contribution in [1.29, 1.82) is 0 Å². The van der Waals surface area contributed by atoms with Gasteiger partial charge in [-0.15, -0.1) is 0 Å². The number of hydrogen-bond acceptors (Lipinski definition) is 4. The molecule has 3 rings (SSSR count). The van der Waals surface area contributed by atoms with Crippen molar-refractivity contribution in [3.05, 3.63) is 58.6 Å². The molecule has 0 amide bonds. The maximum Gasteiger partial charge on any atom is 0.179 e. The Bertz CT molecular complexity index is 708. The van der Waals surface area contributed by atoms with Crippen LogP contribution in [0.5, 0.6) is 11.5 Å². The molecule has 134 valence electrons. The molecule has 0 aliphatic carbocycles. The largest absolute Gasteiger partial charge is 0.491 e. The third-order valence-corrected chi connectivity index (χ3v) is 4.93. The fourth-order valence-corrected chi connectivity index (χ4v) is 3.84. The molecule has 1 saturated heterocycles. The van der Waals surface area contributed by atoms with Crippen LogP contribution in [-0.4, -0.2) is 37.7 Å². The van der Waals surface area contributed by atoms with Crippen LogP contribution in [0.3, 0.4) is 0 Å². The average molecular weight is 361 g/mol. The Balaban J connectivity index is 1.75. The Morgan fingerprint density at radius 2 is 1.96 bits per heavy atom. The van der Waals surface area contributed by atoms with Crippen LogP contribution in [0.2, 0.25) is 5.02 Å². The molecule has 0 radical (unpaired) electrons. The number of ether oxygens (including phenoxy) is 2. The number of nitrogens with two attached hydrogens (primary N) is 1. The molecule has 0 unspecified atom stereocenters. The molecule has 4 nitrogen and oxygen atoms in total. The van der Waals surface area contributed by atoms with Crippen LogP contribution in [0.1, 0.15) is 24.0 Å². The second kappa shape index (κ2) is 8.09. The third kappa shape index (κ3) is 4.09. The number of methoxy groups -OCH3 is 1. The standard InChI is InChI=1S/C20H25ClN2O2/c1-3-25-19-10-14(9-17(21)20(19)24-2)11-23-12-16(18(22)13-23)15-7-5-4-6-8-15/h4-10,16,18H,3,11-13,22H2,1-2H3/t16-,18+/m0/s1. The summed E-state index contributed by atoms with van der Waals surface area (Å²) >= 11 is 6.36. The highest BCUT2D eigenvalue weighted by Crippen LogP contribution is 2.37. The molecule has 1 aliphatic rings. The van der Waals surface area contributed by atoms with Gasteiger partial charge in [0.25, 0.3) is 0 Å². The van der Waals surface area contributed by atoms with E-state index >= 15 is 0 Å². The van der Waals surface area contributed by atoms with Gasteiger partial charge in [-0.05, 0) is 30.2 Å². The number of halogens is 1. The van der Waals surface area contributed by atoms with Gasteiger partial charge in [0.1, 0.15) is 0 Å². The van der Waals surface area contributed by atoms with E-state index in [1.807, 2.05) is 25.1 Å². The maximum absolute atomic E-state index is 6.40. The molecule has 2 N–H and O–H groups in total. The van der Waals surface area contributed by atoms with E-state index < -0.39 is 0 Å². The second-order valence-electron chi connectivity index (χ2n) is 6.42. The van der Waals surface area contributed by atoms with Gasteiger partial charge in [0, 0.05) is 31.6 Å². The van der Waals surface area contributed by atoms with Crippen molar-refractivity contribution in [2.75, 3.05) is 26.8 Å². The zero-order valence-electron chi connectivity index (χ0n) is 14.7. The Morgan fingerprint density at radius 3 is 2.64 bits per heavy atom.